The van der Waals surface area contributed by atoms with Crippen LogP contribution in [0.5, 0.6) is 0 Å². The lowest BCUT2D eigenvalue weighted by atomic mass is 10.1. The quantitative estimate of drug-likeness (QED) is 0.603. The summed E-state index contributed by atoms with van der Waals surface area (Å²) in [4.78, 5) is 4.26. The predicted octanol–water partition coefficient (Wildman–Crippen LogP) is 1.11. The van der Waals surface area contributed by atoms with E-state index in [1.54, 1.807) is 11.3 Å². The minimum atomic E-state index is 0.0563. The highest BCUT2D eigenvalue weighted by atomic mass is 32.1. The van der Waals surface area contributed by atoms with Crippen molar-refractivity contribution in [3.8, 4) is 0 Å². The Morgan fingerprint density at radius 3 is 3.06 bits per heavy atom. The van der Waals surface area contributed by atoms with Crippen molar-refractivity contribution in [1.29, 1.82) is 0 Å². The third kappa shape index (κ3) is 2.46. The molecule has 0 aliphatic heterocycles. The molecule has 2 rings (SSSR count). The van der Waals surface area contributed by atoms with Crippen molar-refractivity contribution in [2.45, 2.75) is 25.9 Å². The molecule has 6 heteroatoms. The van der Waals surface area contributed by atoms with Crippen LogP contribution in [0.25, 0.3) is 0 Å². The lowest BCUT2D eigenvalue weighted by Gasteiger charge is -2.11. The first-order valence-electron chi connectivity index (χ1n) is 5.19. The van der Waals surface area contributed by atoms with Crippen LogP contribution in [0.4, 0.5) is 0 Å². The molecule has 2 aromatic heterocycles. The fourth-order valence-electron chi connectivity index (χ4n) is 1.56. The van der Waals surface area contributed by atoms with Crippen LogP contribution in [0.15, 0.2) is 23.3 Å². The predicted molar refractivity (Wildman–Crippen MR) is 63.8 cm³/mol. The Bertz CT molecular complexity index is 422. The number of nitrogens with one attached hydrogen (secondary N) is 1. The maximum Gasteiger partial charge on any atom is 0.0795 e. The van der Waals surface area contributed by atoms with Gasteiger partial charge in [0.2, 0.25) is 0 Å². The molecule has 2 aromatic rings. The van der Waals surface area contributed by atoms with Crippen LogP contribution < -0.4 is 11.3 Å². The Labute approximate surface area is 98.3 Å². The molecule has 0 fully saturated rings. The molecule has 1 atom stereocenters. The molecule has 0 spiro atoms. The molecule has 1 unspecified atom stereocenters. The average Bonchev–Trinajstić information content (AvgIpc) is 2.96. The Morgan fingerprint density at radius 1 is 1.62 bits per heavy atom. The van der Waals surface area contributed by atoms with E-state index in [-0.39, 0.29) is 6.04 Å². The van der Waals surface area contributed by atoms with Crippen molar-refractivity contribution in [2.24, 2.45) is 5.84 Å². The number of hydrogen-bond donors (Lipinski definition) is 2. The van der Waals surface area contributed by atoms with E-state index in [0.29, 0.717) is 0 Å². The molecule has 0 aromatic carbocycles. The second-order valence-corrected chi connectivity index (χ2v) is 4.26. The van der Waals surface area contributed by atoms with E-state index in [9.17, 15) is 0 Å². The third-order valence-corrected chi connectivity index (χ3v) is 3.06. The second-order valence-electron chi connectivity index (χ2n) is 3.54. The van der Waals surface area contributed by atoms with E-state index in [0.717, 1.165) is 24.2 Å². The topological polar surface area (TPSA) is 68.8 Å². The van der Waals surface area contributed by atoms with E-state index in [4.69, 9.17) is 5.84 Å². The van der Waals surface area contributed by atoms with Gasteiger partial charge >= 0.3 is 0 Å². The van der Waals surface area contributed by atoms with Crippen molar-refractivity contribution in [3.05, 3.63) is 34.5 Å². The maximum absolute atomic E-state index is 5.54. The number of nitrogens with two attached hydrogens (primary N) is 1. The third-order valence-electron chi connectivity index (χ3n) is 2.46. The number of thiazole rings is 1. The van der Waals surface area contributed by atoms with Gasteiger partial charge in [0.05, 0.1) is 23.4 Å². The lowest BCUT2D eigenvalue weighted by molar-refractivity contribution is 0.540. The molecule has 0 amide bonds. The number of hydrazine groups is 1. The van der Waals surface area contributed by atoms with Gasteiger partial charge in [-0.15, -0.1) is 11.3 Å². The van der Waals surface area contributed by atoms with Gasteiger partial charge in [-0.3, -0.25) is 16.0 Å². The van der Waals surface area contributed by atoms with Gasteiger partial charge in [0.25, 0.3) is 0 Å². The summed E-state index contributed by atoms with van der Waals surface area (Å²) in [5.74, 6) is 5.54. The second kappa shape index (κ2) is 5.20. The molecule has 3 N–H and O–H groups in total. The van der Waals surface area contributed by atoms with Crippen molar-refractivity contribution in [1.82, 2.24) is 20.2 Å². The molecule has 86 valence electrons. The molecule has 16 heavy (non-hydrogen) atoms. The molecule has 0 saturated heterocycles. The van der Waals surface area contributed by atoms with Crippen molar-refractivity contribution in [2.75, 3.05) is 0 Å². The molecule has 0 bridgehead atoms. The van der Waals surface area contributed by atoms with E-state index >= 15 is 0 Å². The molecule has 2 heterocycles. The zero-order chi connectivity index (χ0) is 11.4. The highest BCUT2D eigenvalue weighted by Gasteiger charge is 2.13. The van der Waals surface area contributed by atoms with E-state index < -0.39 is 0 Å². The summed E-state index contributed by atoms with van der Waals surface area (Å²) in [6, 6.07) is 0.0563. The van der Waals surface area contributed by atoms with Crippen LogP contribution in [0, 0.1) is 0 Å². The number of aromatic nitrogens is 3. The van der Waals surface area contributed by atoms with Gasteiger partial charge in [-0.2, -0.15) is 5.10 Å². The molecular weight excluding hydrogens is 222 g/mol. The van der Waals surface area contributed by atoms with Gasteiger partial charge in [-0.1, -0.05) is 0 Å². The largest absolute Gasteiger partial charge is 0.273 e. The van der Waals surface area contributed by atoms with Gasteiger partial charge in [0, 0.05) is 18.1 Å². The summed E-state index contributed by atoms with van der Waals surface area (Å²) in [6.45, 7) is 2.95. The SMILES string of the molecule is CCn1cc(CC(NN)c2cscn2)cn1. The zero-order valence-electron chi connectivity index (χ0n) is 9.13. The number of hydrogen-bond acceptors (Lipinski definition) is 5. The summed E-state index contributed by atoms with van der Waals surface area (Å²) in [6.07, 6.45) is 4.72. The van der Waals surface area contributed by atoms with E-state index in [2.05, 4.69) is 22.4 Å². The van der Waals surface area contributed by atoms with Gasteiger partial charge in [-0.25, -0.2) is 4.98 Å². The van der Waals surface area contributed by atoms with Crippen LogP contribution in [0.2, 0.25) is 0 Å². The highest BCUT2D eigenvalue weighted by Crippen LogP contribution is 2.17. The fourth-order valence-corrected chi connectivity index (χ4v) is 2.17. The Morgan fingerprint density at radius 2 is 2.50 bits per heavy atom. The normalized spacial score (nSPS) is 12.9. The zero-order valence-corrected chi connectivity index (χ0v) is 9.94. The van der Waals surface area contributed by atoms with Crippen molar-refractivity contribution in [3.63, 3.8) is 0 Å². The summed E-state index contributed by atoms with van der Waals surface area (Å²) >= 11 is 1.58. The van der Waals surface area contributed by atoms with Crippen LogP contribution in [0.1, 0.15) is 24.2 Å². The van der Waals surface area contributed by atoms with Crippen LogP contribution in [0.3, 0.4) is 0 Å². The molecule has 0 radical (unpaired) electrons. The van der Waals surface area contributed by atoms with Crippen LogP contribution in [-0.2, 0) is 13.0 Å². The minimum Gasteiger partial charge on any atom is -0.273 e. The summed E-state index contributed by atoms with van der Waals surface area (Å²) in [7, 11) is 0. The summed E-state index contributed by atoms with van der Waals surface area (Å²) in [5.41, 5.74) is 6.75. The minimum absolute atomic E-state index is 0.0563. The standard InChI is InChI=1S/C10H15N5S/c1-2-15-5-8(4-13-15)3-9(14-11)10-6-16-7-12-10/h4-7,9,14H,2-3,11H2,1H3. The lowest BCUT2D eigenvalue weighted by Crippen LogP contribution is -2.29. The Balaban J connectivity index is 2.07. The molecule has 0 aliphatic carbocycles. The monoisotopic (exact) mass is 237 g/mol. The highest BCUT2D eigenvalue weighted by molar-refractivity contribution is 7.07. The summed E-state index contributed by atoms with van der Waals surface area (Å²) in [5, 5.41) is 6.24. The first kappa shape index (κ1) is 11.3. The van der Waals surface area contributed by atoms with E-state index in [1.165, 1.54) is 0 Å². The Kier molecular flexibility index (Phi) is 3.66. The van der Waals surface area contributed by atoms with Gasteiger partial charge in [0.15, 0.2) is 0 Å². The fraction of sp³-hybridized carbons (Fsp3) is 0.400. The average molecular weight is 237 g/mol. The van der Waals surface area contributed by atoms with Crippen molar-refractivity contribution >= 4 is 11.3 Å². The smallest absolute Gasteiger partial charge is 0.0795 e. The molecule has 5 nitrogen and oxygen atoms in total. The first-order valence-corrected chi connectivity index (χ1v) is 6.13. The molecule has 0 saturated carbocycles. The van der Waals surface area contributed by atoms with Crippen LogP contribution >= 0.6 is 11.3 Å². The van der Waals surface area contributed by atoms with Crippen LogP contribution in [-0.4, -0.2) is 14.8 Å². The number of nitrogens with zero attached hydrogens (tertiary/aromatic N) is 3. The summed E-state index contributed by atoms with van der Waals surface area (Å²) < 4.78 is 1.91. The molecule has 0 aliphatic rings. The number of rotatable bonds is 5. The van der Waals surface area contributed by atoms with Gasteiger partial charge in [0.1, 0.15) is 0 Å². The number of aryl methyl sites for hydroxylation is 1. The van der Waals surface area contributed by atoms with E-state index in [1.807, 2.05) is 28.0 Å². The Hall–Kier alpha value is -1.24. The van der Waals surface area contributed by atoms with Crippen molar-refractivity contribution < 1.29 is 0 Å². The molecular formula is C10H15N5S. The van der Waals surface area contributed by atoms with Gasteiger partial charge < -0.3 is 0 Å². The first-order chi connectivity index (χ1) is 7.83. The maximum atomic E-state index is 5.54. The van der Waals surface area contributed by atoms with Gasteiger partial charge in [-0.05, 0) is 18.9 Å².